The molecule has 3 rings (SSSR count). The fourth-order valence-electron chi connectivity index (χ4n) is 3.57. The standard InChI is InChI=1S/C20H28N4O/c1-4-17-7-5-6-12-23(17)14-20(25)21-19-13-16(3)22-24(19)18-10-8-15(2)9-11-18/h8-11,13,17H,4-7,12,14H2,1-3H3,(H,21,25). The normalized spacial score (nSPS) is 18.3. The third-order valence-electron chi connectivity index (χ3n) is 4.94. The van der Waals surface area contributed by atoms with Crippen molar-refractivity contribution >= 4 is 11.7 Å². The number of hydrogen-bond donors (Lipinski definition) is 1. The number of nitrogens with zero attached hydrogens (tertiary/aromatic N) is 3. The Bertz CT molecular complexity index is 720. The molecule has 1 aromatic heterocycles. The lowest BCUT2D eigenvalue weighted by atomic mass is 10.0. The second kappa shape index (κ2) is 7.83. The van der Waals surface area contributed by atoms with Crippen molar-refractivity contribution in [2.75, 3.05) is 18.4 Å². The third kappa shape index (κ3) is 4.28. The van der Waals surface area contributed by atoms with Gasteiger partial charge in [-0.05, 0) is 51.8 Å². The zero-order chi connectivity index (χ0) is 17.8. The number of carbonyl (C=O) groups excluding carboxylic acids is 1. The van der Waals surface area contributed by atoms with Crippen LogP contribution in [0.1, 0.15) is 43.9 Å². The number of benzene rings is 1. The van der Waals surface area contributed by atoms with E-state index in [9.17, 15) is 4.79 Å². The molecule has 1 saturated heterocycles. The van der Waals surface area contributed by atoms with E-state index in [-0.39, 0.29) is 5.91 Å². The van der Waals surface area contributed by atoms with Crippen LogP contribution in [0.3, 0.4) is 0 Å². The molecule has 5 nitrogen and oxygen atoms in total. The van der Waals surface area contributed by atoms with Crippen LogP contribution < -0.4 is 5.32 Å². The molecular formula is C20H28N4O. The summed E-state index contributed by atoms with van der Waals surface area (Å²) in [5.74, 6) is 0.769. The molecule has 0 saturated carbocycles. The largest absolute Gasteiger partial charge is 0.309 e. The summed E-state index contributed by atoms with van der Waals surface area (Å²) in [4.78, 5) is 14.9. The van der Waals surface area contributed by atoms with Crippen molar-refractivity contribution in [3.63, 3.8) is 0 Å². The van der Waals surface area contributed by atoms with Gasteiger partial charge in [0.15, 0.2) is 0 Å². The predicted molar refractivity (Wildman–Crippen MR) is 101 cm³/mol. The Kier molecular flexibility index (Phi) is 5.53. The van der Waals surface area contributed by atoms with Gasteiger partial charge in [0, 0.05) is 12.1 Å². The van der Waals surface area contributed by atoms with Gasteiger partial charge in [0.05, 0.1) is 17.9 Å². The minimum atomic E-state index is 0.0358. The second-order valence-corrected chi connectivity index (χ2v) is 6.99. The average molecular weight is 340 g/mol. The monoisotopic (exact) mass is 340 g/mol. The molecule has 2 heterocycles. The highest BCUT2D eigenvalue weighted by atomic mass is 16.2. The van der Waals surface area contributed by atoms with Gasteiger partial charge < -0.3 is 5.32 Å². The Hall–Kier alpha value is -2.14. The molecule has 1 aliphatic heterocycles. The highest BCUT2D eigenvalue weighted by Crippen LogP contribution is 2.20. The minimum absolute atomic E-state index is 0.0358. The number of aromatic nitrogens is 2. The predicted octanol–water partition coefficient (Wildman–Crippen LogP) is 3.69. The maximum absolute atomic E-state index is 12.6. The summed E-state index contributed by atoms with van der Waals surface area (Å²) in [6.45, 7) is 7.68. The topological polar surface area (TPSA) is 50.2 Å². The van der Waals surface area contributed by atoms with Crippen LogP contribution in [0.4, 0.5) is 5.82 Å². The average Bonchev–Trinajstić information content (AvgIpc) is 2.96. The number of aryl methyl sites for hydroxylation is 2. The van der Waals surface area contributed by atoms with E-state index in [1.165, 1.54) is 24.8 Å². The molecule has 0 radical (unpaired) electrons. The fourth-order valence-corrected chi connectivity index (χ4v) is 3.57. The van der Waals surface area contributed by atoms with Gasteiger partial charge >= 0.3 is 0 Å². The van der Waals surface area contributed by atoms with E-state index in [4.69, 9.17) is 0 Å². The Morgan fingerprint density at radius 3 is 2.72 bits per heavy atom. The van der Waals surface area contributed by atoms with E-state index < -0.39 is 0 Å². The molecule has 0 aliphatic carbocycles. The number of likely N-dealkylation sites (tertiary alicyclic amines) is 1. The summed E-state index contributed by atoms with van der Waals surface area (Å²) in [7, 11) is 0. The SMILES string of the molecule is CCC1CCCCN1CC(=O)Nc1cc(C)nn1-c1ccc(C)cc1. The molecular weight excluding hydrogens is 312 g/mol. The van der Waals surface area contributed by atoms with Crippen LogP contribution in [0.5, 0.6) is 0 Å². The van der Waals surface area contributed by atoms with Crippen molar-refractivity contribution in [1.82, 2.24) is 14.7 Å². The molecule has 1 amide bonds. The Balaban J connectivity index is 1.72. The van der Waals surface area contributed by atoms with Gasteiger partial charge in [-0.1, -0.05) is 31.0 Å². The van der Waals surface area contributed by atoms with E-state index in [2.05, 4.69) is 41.3 Å². The number of hydrogen-bond acceptors (Lipinski definition) is 3. The first kappa shape index (κ1) is 17.7. The lowest BCUT2D eigenvalue weighted by Gasteiger charge is -2.34. The second-order valence-electron chi connectivity index (χ2n) is 6.99. The summed E-state index contributed by atoms with van der Waals surface area (Å²) in [6, 6.07) is 10.6. The van der Waals surface area contributed by atoms with Crippen LogP contribution in [0, 0.1) is 13.8 Å². The Labute approximate surface area is 150 Å². The van der Waals surface area contributed by atoms with Crippen LogP contribution >= 0.6 is 0 Å². The number of amides is 1. The minimum Gasteiger partial charge on any atom is -0.309 e. The number of piperidine rings is 1. The lowest BCUT2D eigenvalue weighted by molar-refractivity contribution is -0.118. The quantitative estimate of drug-likeness (QED) is 0.903. The van der Waals surface area contributed by atoms with Crippen molar-refractivity contribution in [2.45, 2.75) is 52.5 Å². The van der Waals surface area contributed by atoms with Crippen LogP contribution in [0.25, 0.3) is 5.69 Å². The van der Waals surface area contributed by atoms with Crippen LogP contribution in [-0.2, 0) is 4.79 Å². The summed E-state index contributed by atoms with van der Waals surface area (Å²) < 4.78 is 1.81. The van der Waals surface area contributed by atoms with E-state index in [1.807, 2.05) is 25.1 Å². The number of nitrogens with one attached hydrogen (secondary N) is 1. The molecule has 0 bridgehead atoms. The Morgan fingerprint density at radius 1 is 1.24 bits per heavy atom. The molecule has 25 heavy (non-hydrogen) atoms. The fraction of sp³-hybridized carbons (Fsp3) is 0.500. The van der Waals surface area contributed by atoms with Crippen molar-refractivity contribution < 1.29 is 4.79 Å². The van der Waals surface area contributed by atoms with Gasteiger partial charge in [0.25, 0.3) is 0 Å². The van der Waals surface area contributed by atoms with Crippen molar-refractivity contribution in [2.24, 2.45) is 0 Å². The van der Waals surface area contributed by atoms with Gasteiger partial charge in [-0.25, -0.2) is 4.68 Å². The van der Waals surface area contributed by atoms with E-state index in [1.54, 1.807) is 4.68 Å². The van der Waals surface area contributed by atoms with E-state index in [0.29, 0.717) is 12.6 Å². The van der Waals surface area contributed by atoms with Gasteiger partial charge in [0.2, 0.25) is 5.91 Å². The molecule has 1 unspecified atom stereocenters. The van der Waals surface area contributed by atoms with E-state index >= 15 is 0 Å². The van der Waals surface area contributed by atoms with Crippen molar-refractivity contribution in [3.8, 4) is 5.69 Å². The van der Waals surface area contributed by atoms with Crippen LogP contribution in [0.15, 0.2) is 30.3 Å². The molecule has 1 N–H and O–H groups in total. The van der Waals surface area contributed by atoms with Crippen LogP contribution in [-0.4, -0.2) is 39.7 Å². The third-order valence-corrected chi connectivity index (χ3v) is 4.94. The Morgan fingerprint density at radius 2 is 2.00 bits per heavy atom. The summed E-state index contributed by atoms with van der Waals surface area (Å²) >= 11 is 0. The first-order valence-electron chi connectivity index (χ1n) is 9.24. The van der Waals surface area contributed by atoms with Gasteiger partial charge in [0.1, 0.15) is 5.82 Å². The zero-order valence-corrected chi connectivity index (χ0v) is 15.5. The molecule has 134 valence electrons. The lowest BCUT2D eigenvalue weighted by Crippen LogP contribution is -2.43. The zero-order valence-electron chi connectivity index (χ0n) is 15.5. The van der Waals surface area contributed by atoms with Crippen LogP contribution in [0.2, 0.25) is 0 Å². The molecule has 1 atom stereocenters. The molecule has 5 heteroatoms. The van der Waals surface area contributed by atoms with Gasteiger partial charge in [-0.3, -0.25) is 9.69 Å². The maximum atomic E-state index is 12.6. The summed E-state index contributed by atoms with van der Waals surface area (Å²) in [5, 5.41) is 7.59. The summed E-state index contributed by atoms with van der Waals surface area (Å²) in [6.07, 6.45) is 4.76. The first-order chi connectivity index (χ1) is 12.1. The highest BCUT2D eigenvalue weighted by Gasteiger charge is 2.23. The van der Waals surface area contributed by atoms with Crippen molar-refractivity contribution in [1.29, 1.82) is 0 Å². The van der Waals surface area contributed by atoms with Gasteiger partial charge in [-0.15, -0.1) is 0 Å². The number of rotatable bonds is 5. The smallest absolute Gasteiger partial charge is 0.239 e. The molecule has 1 aliphatic rings. The summed E-state index contributed by atoms with van der Waals surface area (Å²) in [5.41, 5.74) is 3.05. The van der Waals surface area contributed by atoms with Gasteiger partial charge in [-0.2, -0.15) is 5.10 Å². The number of anilines is 1. The van der Waals surface area contributed by atoms with Crippen molar-refractivity contribution in [3.05, 3.63) is 41.6 Å². The van der Waals surface area contributed by atoms with E-state index in [0.717, 1.165) is 30.2 Å². The highest BCUT2D eigenvalue weighted by molar-refractivity contribution is 5.91. The molecule has 2 aromatic rings. The first-order valence-corrected chi connectivity index (χ1v) is 9.24. The molecule has 0 spiro atoms. The molecule has 1 fully saturated rings. The number of carbonyl (C=O) groups is 1. The molecule has 1 aromatic carbocycles. The maximum Gasteiger partial charge on any atom is 0.239 e.